The highest BCUT2D eigenvalue weighted by atomic mass is 35.5. The van der Waals surface area contributed by atoms with Gasteiger partial charge in [-0.25, -0.2) is 0 Å². The summed E-state index contributed by atoms with van der Waals surface area (Å²) in [5.74, 6) is 0. The Morgan fingerprint density at radius 2 is 1.95 bits per heavy atom. The second-order valence-corrected chi connectivity index (χ2v) is 6.60. The molecule has 0 spiro atoms. The second kappa shape index (κ2) is 7.82. The van der Waals surface area contributed by atoms with Crippen molar-refractivity contribution in [2.24, 2.45) is 0 Å². The van der Waals surface area contributed by atoms with Crippen LogP contribution in [0.15, 0.2) is 18.2 Å². The van der Waals surface area contributed by atoms with Gasteiger partial charge >= 0.3 is 0 Å². The summed E-state index contributed by atoms with van der Waals surface area (Å²) < 4.78 is 6.23. The molecule has 1 aromatic rings. The van der Waals surface area contributed by atoms with E-state index in [0.717, 1.165) is 48.0 Å². The van der Waals surface area contributed by atoms with E-state index in [1.807, 2.05) is 18.2 Å². The summed E-state index contributed by atoms with van der Waals surface area (Å²) in [5, 5.41) is 5.14. The Morgan fingerprint density at radius 3 is 2.57 bits per heavy atom. The Bertz CT molecular complexity index is 458. The van der Waals surface area contributed by atoms with E-state index < -0.39 is 0 Å². The van der Waals surface area contributed by atoms with Crippen molar-refractivity contribution >= 4 is 23.2 Å². The Kier molecular flexibility index (Phi) is 6.36. The summed E-state index contributed by atoms with van der Waals surface area (Å²) in [6.45, 7) is 5.91. The zero-order valence-electron chi connectivity index (χ0n) is 12.9. The van der Waals surface area contributed by atoms with E-state index >= 15 is 0 Å². The van der Waals surface area contributed by atoms with Gasteiger partial charge in [0.2, 0.25) is 0 Å². The lowest BCUT2D eigenvalue weighted by atomic mass is 9.86. The molecule has 1 N–H and O–H groups in total. The standard InChI is InChI=1S/C17H25Cl2NO/c1-3-11-20-16(14-12-13(18)7-8-15(14)19)17(21-4-2)9-5-6-10-17/h7-8,12,16,20H,3-6,9-11H2,1-2H3. The number of hydrogen-bond donors (Lipinski definition) is 1. The molecule has 1 aliphatic carbocycles. The Labute approximate surface area is 138 Å². The smallest absolute Gasteiger partial charge is 0.0876 e. The van der Waals surface area contributed by atoms with Crippen LogP contribution in [0.5, 0.6) is 0 Å². The van der Waals surface area contributed by atoms with E-state index in [2.05, 4.69) is 19.2 Å². The monoisotopic (exact) mass is 329 g/mol. The number of benzene rings is 1. The van der Waals surface area contributed by atoms with Crippen molar-refractivity contribution < 1.29 is 4.74 Å². The lowest BCUT2D eigenvalue weighted by Gasteiger charge is -2.39. The van der Waals surface area contributed by atoms with Crippen molar-refractivity contribution in [3.63, 3.8) is 0 Å². The van der Waals surface area contributed by atoms with Crippen molar-refractivity contribution in [1.29, 1.82) is 0 Å². The second-order valence-electron chi connectivity index (χ2n) is 5.76. The summed E-state index contributed by atoms with van der Waals surface area (Å²) in [4.78, 5) is 0. The molecule has 21 heavy (non-hydrogen) atoms. The van der Waals surface area contributed by atoms with Gasteiger partial charge in [0, 0.05) is 16.7 Å². The summed E-state index contributed by atoms with van der Waals surface area (Å²) in [6, 6.07) is 5.81. The molecule has 1 unspecified atom stereocenters. The minimum absolute atomic E-state index is 0.103. The van der Waals surface area contributed by atoms with Crippen LogP contribution in [-0.2, 0) is 4.74 Å². The SMILES string of the molecule is CCCNC(c1cc(Cl)ccc1Cl)C1(OCC)CCCC1. The van der Waals surface area contributed by atoms with Gasteiger partial charge in [-0.15, -0.1) is 0 Å². The van der Waals surface area contributed by atoms with Gasteiger partial charge in [0.05, 0.1) is 11.6 Å². The van der Waals surface area contributed by atoms with Crippen LogP contribution < -0.4 is 5.32 Å². The first-order valence-corrected chi connectivity index (χ1v) is 8.71. The summed E-state index contributed by atoms with van der Waals surface area (Å²) in [7, 11) is 0. The number of ether oxygens (including phenoxy) is 1. The van der Waals surface area contributed by atoms with Gasteiger partial charge in [0.15, 0.2) is 0 Å². The third-order valence-electron chi connectivity index (χ3n) is 4.28. The Hall–Kier alpha value is -0.280. The van der Waals surface area contributed by atoms with Gasteiger partial charge in [0.25, 0.3) is 0 Å². The van der Waals surface area contributed by atoms with Crippen LogP contribution >= 0.6 is 23.2 Å². The maximum absolute atomic E-state index is 6.46. The third-order valence-corrected chi connectivity index (χ3v) is 4.85. The lowest BCUT2D eigenvalue weighted by molar-refractivity contribution is -0.0625. The molecule has 1 aromatic carbocycles. The van der Waals surface area contributed by atoms with Crippen molar-refractivity contribution in [1.82, 2.24) is 5.32 Å². The molecule has 2 rings (SSSR count). The number of halogens is 2. The topological polar surface area (TPSA) is 21.3 Å². The minimum atomic E-state index is -0.155. The van der Waals surface area contributed by atoms with Gasteiger partial charge in [0.1, 0.15) is 0 Å². The molecule has 2 nitrogen and oxygen atoms in total. The molecular weight excluding hydrogens is 305 g/mol. The van der Waals surface area contributed by atoms with Crippen molar-refractivity contribution in [3.8, 4) is 0 Å². The van der Waals surface area contributed by atoms with E-state index in [-0.39, 0.29) is 11.6 Å². The molecule has 1 atom stereocenters. The molecule has 1 saturated carbocycles. The van der Waals surface area contributed by atoms with Crippen LogP contribution in [0, 0.1) is 0 Å². The van der Waals surface area contributed by atoms with Crippen LogP contribution in [0.3, 0.4) is 0 Å². The molecule has 4 heteroatoms. The van der Waals surface area contributed by atoms with Gasteiger partial charge < -0.3 is 10.1 Å². The van der Waals surface area contributed by atoms with E-state index in [1.54, 1.807) is 0 Å². The zero-order chi connectivity index (χ0) is 15.3. The molecule has 0 radical (unpaired) electrons. The fourth-order valence-corrected chi connectivity index (χ4v) is 3.79. The third kappa shape index (κ3) is 3.92. The quantitative estimate of drug-likeness (QED) is 0.724. The van der Waals surface area contributed by atoms with E-state index in [4.69, 9.17) is 27.9 Å². The first-order valence-electron chi connectivity index (χ1n) is 7.95. The molecule has 0 aromatic heterocycles. The lowest BCUT2D eigenvalue weighted by Crippen LogP contribution is -2.44. The van der Waals surface area contributed by atoms with Crippen LogP contribution in [0.2, 0.25) is 10.0 Å². The molecule has 0 amide bonds. The first-order chi connectivity index (χ1) is 10.1. The van der Waals surface area contributed by atoms with E-state index in [0.29, 0.717) is 0 Å². The predicted octanol–water partition coefficient (Wildman–Crippen LogP) is 5.38. The summed E-state index contributed by atoms with van der Waals surface area (Å²) >= 11 is 12.7. The molecule has 1 fully saturated rings. The first kappa shape index (κ1) is 17.1. The van der Waals surface area contributed by atoms with Gasteiger partial charge in [-0.3, -0.25) is 0 Å². The molecule has 1 aliphatic rings. The number of nitrogens with one attached hydrogen (secondary N) is 1. The normalized spacial score (nSPS) is 18.9. The Balaban J connectivity index is 2.38. The molecular formula is C17H25Cl2NO. The highest BCUT2D eigenvalue weighted by molar-refractivity contribution is 6.33. The highest BCUT2D eigenvalue weighted by Crippen LogP contribution is 2.45. The number of rotatable bonds is 7. The van der Waals surface area contributed by atoms with Crippen LogP contribution in [-0.4, -0.2) is 18.8 Å². The van der Waals surface area contributed by atoms with Gasteiger partial charge in [-0.1, -0.05) is 43.0 Å². The average Bonchev–Trinajstić information content (AvgIpc) is 2.93. The maximum atomic E-state index is 6.46. The van der Waals surface area contributed by atoms with E-state index in [1.165, 1.54) is 12.8 Å². The largest absolute Gasteiger partial charge is 0.373 e. The fraction of sp³-hybridized carbons (Fsp3) is 0.647. The molecule has 0 saturated heterocycles. The Morgan fingerprint density at radius 1 is 1.24 bits per heavy atom. The zero-order valence-corrected chi connectivity index (χ0v) is 14.4. The molecule has 0 bridgehead atoms. The number of hydrogen-bond acceptors (Lipinski definition) is 2. The molecule has 0 heterocycles. The summed E-state index contributed by atoms with van der Waals surface area (Å²) in [6.07, 6.45) is 5.65. The predicted molar refractivity (Wildman–Crippen MR) is 90.3 cm³/mol. The fourth-order valence-electron chi connectivity index (χ4n) is 3.38. The van der Waals surface area contributed by atoms with Crippen LogP contribution in [0.1, 0.15) is 57.6 Å². The van der Waals surface area contributed by atoms with Crippen molar-refractivity contribution in [2.75, 3.05) is 13.2 Å². The van der Waals surface area contributed by atoms with Crippen molar-refractivity contribution in [2.45, 2.75) is 57.6 Å². The summed E-state index contributed by atoms with van der Waals surface area (Å²) in [5.41, 5.74) is 0.908. The average molecular weight is 330 g/mol. The molecule has 118 valence electrons. The van der Waals surface area contributed by atoms with Gasteiger partial charge in [-0.2, -0.15) is 0 Å². The van der Waals surface area contributed by atoms with Crippen LogP contribution in [0.4, 0.5) is 0 Å². The highest BCUT2D eigenvalue weighted by Gasteiger charge is 2.43. The van der Waals surface area contributed by atoms with Gasteiger partial charge in [-0.05, 0) is 56.5 Å². The van der Waals surface area contributed by atoms with E-state index in [9.17, 15) is 0 Å². The van der Waals surface area contributed by atoms with Crippen LogP contribution in [0.25, 0.3) is 0 Å². The van der Waals surface area contributed by atoms with Crippen molar-refractivity contribution in [3.05, 3.63) is 33.8 Å². The maximum Gasteiger partial charge on any atom is 0.0876 e. The minimum Gasteiger partial charge on any atom is -0.373 e. The molecule has 0 aliphatic heterocycles.